The zero-order chi connectivity index (χ0) is 12.3. The standard InChI is InChI=1S/C10H11NO4S/c1-7-4-8(2)10(9(3)5-7)15-16(12,13)14-6-11/h4-5H,1-3H3. The summed E-state index contributed by atoms with van der Waals surface area (Å²) in [5.74, 6) is 0.195. The molecule has 0 amide bonds. The van der Waals surface area contributed by atoms with E-state index >= 15 is 0 Å². The van der Waals surface area contributed by atoms with Gasteiger partial charge in [-0.2, -0.15) is 0 Å². The number of aryl methyl sites for hydroxylation is 3. The molecule has 0 fully saturated rings. The van der Waals surface area contributed by atoms with Gasteiger partial charge in [0.25, 0.3) is 0 Å². The second-order valence-corrected chi connectivity index (χ2v) is 4.54. The van der Waals surface area contributed by atoms with E-state index in [9.17, 15) is 8.42 Å². The van der Waals surface area contributed by atoms with Gasteiger partial charge < -0.3 is 4.18 Å². The zero-order valence-electron chi connectivity index (χ0n) is 9.14. The summed E-state index contributed by atoms with van der Waals surface area (Å²) in [6, 6.07) is 3.56. The van der Waals surface area contributed by atoms with Crippen LogP contribution in [0.3, 0.4) is 0 Å². The van der Waals surface area contributed by atoms with Crippen LogP contribution in [0.5, 0.6) is 5.75 Å². The molecule has 86 valence electrons. The predicted octanol–water partition coefficient (Wildman–Crippen LogP) is 1.73. The molecular formula is C10H11NO4S. The van der Waals surface area contributed by atoms with Crippen molar-refractivity contribution in [2.75, 3.05) is 0 Å². The van der Waals surface area contributed by atoms with Crippen molar-refractivity contribution in [2.24, 2.45) is 0 Å². The van der Waals surface area contributed by atoms with Crippen molar-refractivity contribution in [2.45, 2.75) is 20.8 Å². The van der Waals surface area contributed by atoms with E-state index in [2.05, 4.69) is 8.37 Å². The van der Waals surface area contributed by atoms with E-state index in [1.807, 2.05) is 6.92 Å². The molecule has 0 unspecified atom stereocenters. The minimum Gasteiger partial charge on any atom is -0.352 e. The Morgan fingerprint density at radius 2 is 1.69 bits per heavy atom. The third kappa shape index (κ3) is 2.87. The van der Waals surface area contributed by atoms with Crippen molar-refractivity contribution in [1.82, 2.24) is 0 Å². The van der Waals surface area contributed by atoms with Gasteiger partial charge in [0.05, 0.1) is 0 Å². The largest absolute Gasteiger partial charge is 0.511 e. The van der Waals surface area contributed by atoms with Crippen LogP contribution in [0.1, 0.15) is 16.7 Å². The Morgan fingerprint density at radius 3 is 2.12 bits per heavy atom. The van der Waals surface area contributed by atoms with E-state index in [0.29, 0.717) is 11.1 Å². The van der Waals surface area contributed by atoms with Crippen LogP contribution in [-0.2, 0) is 14.6 Å². The molecule has 0 N–H and O–H groups in total. The van der Waals surface area contributed by atoms with Gasteiger partial charge in [0.1, 0.15) is 0 Å². The van der Waals surface area contributed by atoms with Crippen LogP contribution in [0.15, 0.2) is 12.1 Å². The van der Waals surface area contributed by atoms with Crippen molar-refractivity contribution in [3.63, 3.8) is 0 Å². The fraction of sp³-hybridized carbons (Fsp3) is 0.300. The molecule has 0 bridgehead atoms. The first-order chi connectivity index (χ1) is 7.35. The Hall–Kier alpha value is -1.74. The van der Waals surface area contributed by atoms with Crippen molar-refractivity contribution < 1.29 is 16.8 Å². The minimum atomic E-state index is -4.30. The lowest BCUT2D eigenvalue weighted by Crippen LogP contribution is -2.12. The molecule has 0 aliphatic rings. The fourth-order valence-electron chi connectivity index (χ4n) is 1.46. The number of benzene rings is 1. The maximum atomic E-state index is 11.1. The van der Waals surface area contributed by atoms with Gasteiger partial charge in [-0.15, -0.1) is 13.7 Å². The second kappa shape index (κ2) is 4.41. The number of hydrogen-bond donors (Lipinski definition) is 0. The summed E-state index contributed by atoms with van der Waals surface area (Å²) in [4.78, 5) is 0. The molecule has 0 aliphatic heterocycles. The Kier molecular flexibility index (Phi) is 3.40. The van der Waals surface area contributed by atoms with Crippen molar-refractivity contribution >= 4 is 10.4 Å². The lowest BCUT2D eigenvalue weighted by atomic mass is 10.1. The lowest BCUT2D eigenvalue weighted by Gasteiger charge is -2.10. The summed E-state index contributed by atoms with van der Waals surface area (Å²) in [7, 11) is -4.30. The van der Waals surface area contributed by atoms with Crippen LogP contribution in [0.2, 0.25) is 0 Å². The molecule has 0 aliphatic carbocycles. The summed E-state index contributed by atoms with van der Waals surface area (Å²) < 4.78 is 30.8. The third-order valence-corrected chi connectivity index (χ3v) is 2.58. The Morgan fingerprint density at radius 1 is 1.19 bits per heavy atom. The maximum absolute atomic E-state index is 11.1. The van der Waals surface area contributed by atoms with E-state index in [1.54, 1.807) is 26.0 Å². The highest BCUT2D eigenvalue weighted by molar-refractivity contribution is 7.82. The summed E-state index contributed by atoms with van der Waals surface area (Å²) in [5, 5.41) is 8.13. The summed E-state index contributed by atoms with van der Waals surface area (Å²) in [6.45, 7) is 5.33. The Balaban J connectivity index is 3.13. The summed E-state index contributed by atoms with van der Waals surface area (Å²) in [6.07, 6.45) is 1.07. The molecule has 1 aromatic carbocycles. The van der Waals surface area contributed by atoms with Gasteiger partial charge in [-0.05, 0) is 31.9 Å². The molecule has 6 heteroatoms. The Labute approximate surface area is 94.6 Å². The average molecular weight is 241 g/mol. The van der Waals surface area contributed by atoms with Crippen LogP contribution >= 0.6 is 0 Å². The first-order valence-electron chi connectivity index (χ1n) is 4.45. The SMILES string of the molecule is Cc1cc(C)c(OS(=O)(=O)OC#N)c(C)c1. The topological polar surface area (TPSA) is 76.4 Å². The highest BCUT2D eigenvalue weighted by Crippen LogP contribution is 2.26. The number of nitrogens with zero attached hydrogens (tertiary/aromatic N) is 1. The monoisotopic (exact) mass is 241 g/mol. The van der Waals surface area contributed by atoms with Gasteiger partial charge in [0.2, 0.25) is 0 Å². The summed E-state index contributed by atoms with van der Waals surface area (Å²) >= 11 is 0. The first-order valence-corrected chi connectivity index (χ1v) is 5.79. The Bertz CT molecular complexity index is 519. The minimum absolute atomic E-state index is 0.195. The van der Waals surface area contributed by atoms with Crippen LogP contribution < -0.4 is 4.18 Å². The molecule has 0 saturated heterocycles. The molecule has 0 radical (unpaired) electrons. The van der Waals surface area contributed by atoms with Crippen molar-refractivity contribution in [3.05, 3.63) is 28.8 Å². The van der Waals surface area contributed by atoms with Gasteiger partial charge in [0.15, 0.2) is 5.75 Å². The highest BCUT2D eigenvalue weighted by Gasteiger charge is 2.17. The van der Waals surface area contributed by atoms with E-state index in [-0.39, 0.29) is 5.75 Å². The molecule has 0 spiro atoms. The third-order valence-electron chi connectivity index (χ3n) is 1.93. The van der Waals surface area contributed by atoms with Gasteiger partial charge in [-0.3, -0.25) is 4.18 Å². The number of rotatable bonds is 3. The van der Waals surface area contributed by atoms with E-state index < -0.39 is 10.4 Å². The van der Waals surface area contributed by atoms with Gasteiger partial charge in [-0.25, -0.2) is 0 Å². The maximum Gasteiger partial charge on any atom is 0.511 e. The van der Waals surface area contributed by atoms with E-state index in [0.717, 1.165) is 11.8 Å². The molecule has 0 saturated carbocycles. The second-order valence-electron chi connectivity index (χ2n) is 3.39. The van der Waals surface area contributed by atoms with Gasteiger partial charge in [0, 0.05) is 0 Å². The van der Waals surface area contributed by atoms with Crippen LogP contribution in [-0.4, -0.2) is 8.42 Å². The molecule has 1 aromatic rings. The molecule has 1 rings (SSSR count). The van der Waals surface area contributed by atoms with E-state index in [4.69, 9.17) is 5.26 Å². The normalized spacial score (nSPS) is 10.6. The molecule has 0 aromatic heterocycles. The highest BCUT2D eigenvalue weighted by atomic mass is 32.3. The molecular weight excluding hydrogens is 230 g/mol. The van der Waals surface area contributed by atoms with Crippen LogP contribution in [0.25, 0.3) is 0 Å². The first kappa shape index (κ1) is 12.3. The van der Waals surface area contributed by atoms with Gasteiger partial charge >= 0.3 is 16.7 Å². The molecule has 0 atom stereocenters. The average Bonchev–Trinajstić information content (AvgIpc) is 2.11. The van der Waals surface area contributed by atoms with Crippen LogP contribution in [0.4, 0.5) is 0 Å². The zero-order valence-corrected chi connectivity index (χ0v) is 9.96. The molecule has 5 nitrogen and oxygen atoms in total. The lowest BCUT2D eigenvalue weighted by molar-refractivity contribution is 0.371. The summed E-state index contributed by atoms with van der Waals surface area (Å²) in [5.41, 5.74) is 2.34. The van der Waals surface area contributed by atoms with E-state index in [1.165, 1.54) is 0 Å². The quantitative estimate of drug-likeness (QED) is 0.753. The van der Waals surface area contributed by atoms with Crippen molar-refractivity contribution in [3.8, 4) is 12.0 Å². The van der Waals surface area contributed by atoms with Crippen LogP contribution in [0, 0.1) is 32.3 Å². The van der Waals surface area contributed by atoms with Gasteiger partial charge in [-0.1, -0.05) is 17.7 Å². The predicted molar refractivity (Wildman–Crippen MR) is 56.9 cm³/mol. The molecule has 0 heterocycles. The number of nitriles is 1. The van der Waals surface area contributed by atoms with Crippen molar-refractivity contribution in [1.29, 1.82) is 5.26 Å². The number of hydrogen-bond acceptors (Lipinski definition) is 5. The molecule has 16 heavy (non-hydrogen) atoms. The smallest absolute Gasteiger partial charge is 0.352 e. The fourth-order valence-corrected chi connectivity index (χ4v) is 2.06.